The van der Waals surface area contributed by atoms with Gasteiger partial charge in [-0.2, -0.15) is 0 Å². The minimum absolute atomic E-state index is 0.119. The van der Waals surface area contributed by atoms with E-state index in [-0.39, 0.29) is 26.0 Å². The van der Waals surface area contributed by atoms with E-state index in [2.05, 4.69) is 0 Å². The van der Waals surface area contributed by atoms with Crippen molar-refractivity contribution in [3.63, 3.8) is 0 Å². The number of nitrogens with one attached hydrogen (secondary N) is 1. The summed E-state index contributed by atoms with van der Waals surface area (Å²) in [5, 5.41) is 10.6. The Morgan fingerprint density at radius 3 is 2.67 bits per heavy atom. The van der Waals surface area contributed by atoms with Crippen LogP contribution in [0.1, 0.15) is 15.2 Å². The number of carboxylic acid groups (broad SMARTS) is 1. The second kappa shape index (κ2) is 5.63. The summed E-state index contributed by atoms with van der Waals surface area (Å²) in [4.78, 5) is 10.4. The first-order valence-corrected chi connectivity index (χ1v) is 8.25. The largest absolute Gasteiger partial charge is 0.477 e. The number of aromatic carboxylic acids is 1. The van der Waals surface area contributed by atoms with E-state index in [4.69, 9.17) is 16.7 Å². The molecule has 0 atom stereocenters. The van der Waals surface area contributed by atoms with Gasteiger partial charge in [0.1, 0.15) is 15.6 Å². The highest BCUT2D eigenvalue weighted by atomic mass is 35.5. The first kappa shape index (κ1) is 15.7. The Bertz CT molecular complexity index is 817. The van der Waals surface area contributed by atoms with Crippen molar-refractivity contribution in [2.45, 2.75) is 11.8 Å². The zero-order valence-corrected chi connectivity index (χ0v) is 12.9. The number of hydrogen-bond donors (Lipinski definition) is 2. The van der Waals surface area contributed by atoms with Crippen molar-refractivity contribution in [1.82, 2.24) is 0 Å². The lowest BCUT2D eigenvalue weighted by molar-refractivity contribution is 0.0698. The van der Waals surface area contributed by atoms with E-state index in [1.165, 1.54) is 18.4 Å². The molecule has 21 heavy (non-hydrogen) atoms. The van der Waals surface area contributed by atoms with Crippen LogP contribution >= 0.6 is 22.9 Å². The topological polar surface area (TPSA) is 83.5 Å². The molecule has 112 valence electrons. The quantitative estimate of drug-likeness (QED) is 0.886. The molecule has 0 radical (unpaired) electrons. The van der Waals surface area contributed by atoms with Gasteiger partial charge in [0.25, 0.3) is 10.0 Å². The minimum atomic E-state index is -4.22. The van der Waals surface area contributed by atoms with Crippen molar-refractivity contribution in [1.29, 1.82) is 0 Å². The van der Waals surface area contributed by atoms with Crippen LogP contribution in [0.25, 0.3) is 0 Å². The number of rotatable bonds is 4. The van der Waals surface area contributed by atoms with E-state index in [1.807, 2.05) is 4.72 Å². The lowest BCUT2D eigenvalue weighted by Gasteiger charge is -2.10. The van der Waals surface area contributed by atoms with Gasteiger partial charge in [-0.05, 0) is 36.1 Å². The molecule has 9 heteroatoms. The van der Waals surface area contributed by atoms with Crippen molar-refractivity contribution >= 4 is 44.6 Å². The summed E-state index contributed by atoms with van der Waals surface area (Å²) < 4.78 is 40.2. The van der Waals surface area contributed by atoms with Gasteiger partial charge in [-0.1, -0.05) is 11.6 Å². The third-order valence-electron chi connectivity index (χ3n) is 2.56. The fourth-order valence-corrected chi connectivity index (χ4v) is 4.54. The van der Waals surface area contributed by atoms with Gasteiger partial charge in [0.05, 0.1) is 5.69 Å². The summed E-state index contributed by atoms with van der Waals surface area (Å²) in [7, 11) is -4.22. The van der Waals surface area contributed by atoms with Crippen LogP contribution in [0.3, 0.4) is 0 Å². The summed E-state index contributed by atoms with van der Waals surface area (Å²) >= 11 is 6.38. The second-order valence-corrected chi connectivity index (χ2v) is 7.05. The zero-order chi connectivity index (χ0) is 15.8. The molecule has 0 unspecified atom stereocenters. The van der Waals surface area contributed by atoms with Crippen LogP contribution in [-0.2, 0) is 10.0 Å². The van der Waals surface area contributed by atoms with Gasteiger partial charge in [-0.3, -0.25) is 4.72 Å². The van der Waals surface area contributed by atoms with Crippen molar-refractivity contribution in [3.8, 4) is 0 Å². The summed E-state index contributed by atoms with van der Waals surface area (Å²) in [6.07, 6.45) is 0. The fraction of sp³-hybridized carbons (Fsp3) is 0.0833. The first-order chi connectivity index (χ1) is 9.72. The molecule has 0 saturated carbocycles. The molecule has 1 aromatic heterocycles. The Morgan fingerprint density at radius 2 is 2.10 bits per heavy atom. The SMILES string of the molecule is Cc1csc(C(=O)O)c1S(=O)(=O)Nc1ccc(Cl)cc1F. The van der Waals surface area contributed by atoms with Gasteiger partial charge in [0, 0.05) is 5.02 Å². The molecular weight excluding hydrogens is 341 g/mol. The molecule has 2 rings (SSSR count). The molecule has 1 aromatic carbocycles. The van der Waals surface area contributed by atoms with Crippen molar-refractivity contribution in [3.05, 3.63) is 44.9 Å². The molecule has 0 aliphatic heterocycles. The van der Waals surface area contributed by atoms with Crippen molar-refractivity contribution < 1.29 is 22.7 Å². The van der Waals surface area contributed by atoms with E-state index in [0.717, 1.165) is 23.5 Å². The smallest absolute Gasteiger partial charge is 0.347 e. The highest BCUT2D eigenvalue weighted by Crippen LogP contribution is 2.29. The Labute approximate surface area is 129 Å². The van der Waals surface area contributed by atoms with Gasteiger partial charge < -0.3 is 5.11 Å². The standard InChI is InChI=1S/C12H9ClFNO4S2/c1-6-5-20-10(12(16)17)11(6)21(18,19)15-9-3-2-7(13)4-8(9)14/h2-5,15H,1H3,(H,16,17). The van der Waals surface area contributed by atoms with Gasteiger partial charge in [-0.15, -0.1) is 11.3 Å². The van der Waals surface area contributed by atoms with Gasteiger partial charge in [0.2, 0.25) is 0 Å². The van der Waals surface area contributed by atoms with Crippen LogP contribution in [0, 0.1) is 12.7 Å². The number of anilines is 1. The molecule has 0 amide bonds. The summed E-state index contributed by atoms with van der Waals surface area (Å²) in [5.74, 6) is -2.21. The average Bonchev–Trinajstić information content (AvgIpc) is 2.76. The molecule has 5 nitrogen and oxygen atoms in total. The van der Waals surface area contributed by atoms with E-state index in [9.17, 15) is 17.6 Å². The third-order valence-corrected chi connectivity index (χ3v) is 5.56. The summed E-state index contributed by atoms with van der Waals surface area (Å²) in [6.45, 7) is 1.47. The Hall–Kier alpha value is -1.64. The van der Waals surface area contributed by atoms with Crippen LogP contribution in [0.2, 0.25) is 5.02 Å². The summed E-state index contributed by atoms with van der Waals surface area (Å²) in [6, 6.07) is 3.44. The molecular formula is C12H9ClFNO4S2. The normalized spacial score (nSPS) is 11.4. The number of sulfonamides is 1. The lowest BCUT2D eigenvalue weighted by Crippen LogP contribution is -2.17. The molecule has 1 heterocycles. The van der Waals surface area contributed by atoms with Gasteiger partial charge >= 0.3 is 5.97 Å². The Morgan fingerprint density at radius 1 is 1.43 bits per heavy atom. The monoisotopic (exact) mass is 349 g/mol. The van der Waals surface area contributed by atoms with E-state index < -0.39 is 21.8 Å². The van der Waals surface area contributed by atoms with Crippen LogP contribution in [-0.4, -0.2) is 19.5 Å². The zero-order valence-electron chi connectivity index (χ0n) is 10.6. The van der Waals surface area contributed by atoms with Crippen LogP contribution in [0.4, 0.5) is 10.1 Å². The minimum Gasteiger partial charge on any atom is -0.477 e. The Balaban J connectivity index is 2.48. The molecule has 0 aliphatic rings. The number of hydrogen-bond acceptors (Lipinski definition) is 4. The summed E-state index contributed by atoms with van der Waals surface area (Å²) in [5.41, 5.74) is -0.0272. The maximum absolute atomic E-state index is 13.7. The van der Waals surface area contributed by atoms with E-state index in [1.54, 1.807) is 0 Å². The van der Waals surface area contributed by atoms with Crippen molar-refractivity contribution in [2.24, 2.45) is 0 Å². The van der Waals surface area contributed by atoms with E-state index >= 15 is 0 Å². The number of carboxylic acids is 1. The first-order valence-electron chi connectivity index (χ1n) is 5.51. The Kier molecular flexibility index (Phi) is 4.22. The number of aryl methyl sites for hydroxylation is 1. The molecule has 2 aromatic rings. The van der Waals surface area contributed by atoms with Crippen LogP contribution < -0.4 is 4.72 Å². The molecule has 0 bridgehead atoms. The molecule has 0 fully saturated rings. The highest BCUT2D eigenvalue weighted by molar-refractivity contribution is 7.93. The predicted molar refractivity (Wildman–Crippen MR) is 78.2 cm³/mol. The average molecular weight is 350 g/mol. The maximum atomic E-state index is 13.7. The lowest BCUT2D eigenvalue weighted by atomic mass is 10.3. The number of benzene rings is 1. The van der Waals surface area contributed by atoms with Crippen molar-refractivity contribution in [2.75, 3.05) is 4.72 Å². The van der Waals surface area contributed by atoms with Gasteiger partial charge in [-0.25, -0.2) is 17.6 Å². The number of thiophene rings is 1. The molecule has 0 spiro atoms. The second-order valence-electron chi connectivity index (χ2n) is 4.11. The predicted octanol–water partition coefficient (Wildman–Crippen LogP) is 3.35. The highest BCUT2D eigenvalue weighted by Gasteiger charge is 2.27. The number of carbonyl (C=O) groups is 1. The van der Waals surface area contributed by atoms with Crippen LogP contribution in [0.15, 0.2) is 28.5 Å². The molecule has 0 aliphatic carbocycles. The third kappa shape index (κ3) is 3.17. The van der Waals surface area contributed by atoms with E-state index in [0.29, 0.717) is 0 Å². The molecule has 0 saturated heterocycles. The fourth-order valence-electron chi connectivity index (χ4n) is 1.68. The molecule has 2 N–H and O–H groups in total. The van der Waals surface area contributed by atoms with Crippen LogP contribution in [0.5, 0.6) is 0 Å². The maximum Gasteiger partial charge on any atom is 0.347 e. The number of halogens is 2. The van der Waals surface area contributed by atoms with Gasteiger partial charge in [0.15, 0.2) is 0 Å².